The summed E-state index contributed by atoms with van der Waals surface area (Å²) in [5.74, 6) is 0.450. The lowest BCUT2D eigenvalue weighted by atomic mass is 10.1. The van der Waals surface area contributed by atoms with Gasteiger partial charge in [0.05, 0.1) is 5.75 Å². The summed E-state index contributed by atoms with van der Waals surface area (Å²) in [7, 11) is 3.38. The van der Waals surface area contributed by atoms with Crippen molar-refractivity contribution in [1.82, 2.24) is 9.88 Å². The first-order valence-corrected chi connectivity index (χ1v) is 11.4. The number of nitrogens with zero attached hydrogens (tertiary/aromatic N) is 2. The lowest BCUT2D eigenvalue weighted by Crippen LogP contribution is -2.22. The molecule has 0 fully saturated rings. The van der Waals surface area contributed by atoms with Crippen molar-refractivity contribution in [3.05, 3.63) is 90.5 Å². The second-order valence-electron chi connectivity index (χ2n) is 7.51. The number of rotatable bonds is 7. The van der Waals surface area contributed by atoms with E-state index in [1.807, 2.05) is 60.7 Å². The predicted octanol–water partition coefficient (Wildman–Crippen LogP) is 5.44. The van der Waals surface area contributed by atoms with Gasteiger partial charge in [-0.05, 0) is 18.2 Å². The second kappa shape index (κ2) is 10.2. The molecule has 1 heterocycles. The maximum absolute atomic E-state index is 12.5. The van der Waals surface area contributed by atoms with Crippen LogP contribution in [0.15, 0.2) is 94.6 Å². The maximum atomic E-state index is 12.5. The molecule has 0 radical (unpaired) electrons. The van der Waals surface area contributed by atoms with Gasteiger partial charge in [0.15, 0.2) is 5.76 Å². The molecule has 1 N–H and O–H groups in total. The summed E-state index contributed by atoms with van der Waals surface area (Å²) in [4.78, 5) is 30.8. The quantitative estimate of drug-likeness (QED) is 0.374. The minimum atomic E-state index is -0.213. The van der Waals surface area contributed by atoms with E-state index in [0.29, 0.717) is 22.2 Å². The molecule has 33 heavy (non-hydrogen) atoms. The molecule has 3 aromatic carbocycles. The molecule has 0 unspecified atom stereocenters. The van der Waals surface area contributed by atoms with Gasteiger partial charge in [0.1, 0.15) is 5.69 Å². The van der Waals surface area contributed by atoms with Crippen molar-refractivity contribution < 1.29 is 14.0 Å². The molecule has 166 valence electrons. The molecule has 0 aliphatic rings. The van der Waals surface area contributed by atoms with E-state index in [2.05, 4.69) is 10.3 Å². The molecule has 0 spiro atoms. The molecule has 4 aromatic rings. The fourth-order valence-corrected chi connectivity index (χ4v) is 3.88. The van der Waals surface area contributed by atoms with Crippen molar-refractivity contribution in [3.63, 3.8) is 0 Å². The molecular weight excluding hydrogens is 434 g/mol. The zero-order valence-corrected chi connectivity index (χ0v) is 19.1. The molecule has 1 aromatic heterocycles. The fourth-order valence-electron chi connectivity index (χ4n) is 3.25. The highest BCUT2D eigenvalue weighted by molar-refractivity contribution is 7.99. The predicted molar refractivity (Wildman–Crippen MR) is 131 cm³/mol. The number of aromatic nitrogens is 1. The van der Waals surface area contributed by atoms with E-state index in [1.165, 1.54) is 16.7 Å². The molecular formula is C26H23N3O3S. The molecule has 4 rings (SSSR count). The first-order chi connectivity index (χ1) is 16.0. The van der Waals surface area contributed by atoms with Gasteiger partial charge >= 0.3 is 0 Å². The van der Waals surface area contributed by atoms with Crippen molar-refractivity contribution in [3.8, 4) is 22.6 Å². The minimum Gasteiger partial charge on any atom is -0.431 e. The zero-order valence-electron chi connectivity index (χ0n) is 18.3. The highest BCUT2D eigenvalue weighted by atomic mass is 32.2. The molecule has 6 nitrogen and oxygen atoms in total. The van der Waals surface area contributed by atoms with E-state index in [9.17, 15) is 9.59 Å². The van der Waals surface area contributed by atoms with Crippen LogP contribution in [0.2, 0.25) is 0 Å². The molecule has 0 saturated heterocycles. The Bertz CT molecular complexity index is 1200. The summed E-state index contributed by atoms with van der Waals surface area (Å²) in [6, 6.07) is 26.5. The second-order valence-corrected chi connectivity index (χ2v) is 8.43. The maximum Gasteiger partial charge on any atom is 0.257 e. The average Bonchev–Trinajstić information content (AvgIpc) is 3.28. The van der Waals surface area contributed by atoms with Crippen LogP contribution in [0.5, 0.6) is 0 Å². The Morgan fingerprint density at radius 2 is 1.58 bits per heavy atom. The Labute approximate surface area is 196 Å². The SMILES string of the molecule is CN(C)C(=O)c1cccc(NC(=O)CSc2nc(-c3ccccc3)c(-c3ccccc3)o2)c1. The van der Waals surface area contributed by atoms with Crippen LogP contribution in [0.4, 0.5) is 5.69 Å². The summed E-state index contributed by atoms with van der Waals surface area (Å²) in [5.41, 5.74) is 3.68. The van der Waals surface area contributed by atoms with Crippen molar-refractivity contribution in [2.75, 3.05) is 25.2 Å². The monoisotopic (exact) mass is 457 g/mol. The Hall–Kier alpha value is -3.84. The number of nitrogens with one attached hydrogen (secondary N) is 1. The van der Waals surface area contributed by atoms with Crippen LogP contribution < -0.4 is 5.32 Å². The first-order valence-electron chi connectivity index (χ1n) is 10.4. The highest BCUT2D eigenvalue weighted by Gasteiger charge is 2.18. The topological polar surface area (TPSA) is 75.4 Å². The number of carbonyl (C=O) groups excluding carboxylic acids is 2. The highest BCUT2D eigenvalue weighted by Crippen LogP contribution is 2.35. The van der Waals surface area contributed by atoms with E-state index < -0.39 is 0 Å². The molecule has 0 bridgehead atoms. The van der Waals surface area contributed by atoms with Gasteiger partial charge in [-0.3, -0.25) is 9.59 Å². The summed E-state index contributed by atoms with van der Waals surface area (Å²) in [6.07, 6.45) is 0. The molecule has 0 saturated carbocycles. The van der Waals surface area contributed by atoms with Crippen LogP contribution in [0.25, 0.3) is 22.6 Å². The van der Waals surface area contributed by atoms with E-state index in [0.717, 1.165) is 16.8 Å². The number of oxazole rings is 1. The Kier molecular flexibility index (Phi) is 6.90. The Morgan fingerprint density at radius 1 is 0.909 bits per heavy atom. The average molecular weight is 458 g/mol. The third-order valence-corrected chi connectivity index (χ3v) is 5.65. The van der Waals surface area contributed by atoms with Crippen LogP contribution in [0, 0.1) is 0 Å². The van der Waals surface area contributed by atoms with Gasteiger partial charge in [0, 0.05) is 36.5 Å². The van der Waals surface area contributed by atoms with Crippen molar-refractivity contribution in [2.45, 2.75) is 5.22 Å². The van der Waals surface area contributed by atoms with E-state index in [-0.39, 0.29) is 17.6 Å². The molecule has 0 aliphatic carbocycles. The van der Waals surface area contributed by atoms with Crippen molar-refractivity contribution in [2.24, 2.45) is 0 Å². The standard InChI is InChI=1S/C26H23N3O3S/c1-29(2)25(31)20-14-9-15-21(16-20)27-22(30)17-33-26-28-23(18-10-5-3-6-11-18)24(32-26)19-12-7-4-8-13-19/h3-16H,17H2,1-2H3,(H,27,30). The molecule has 0 aliphatic heterocycles. The fraction of sp³-hybridized carbons (Fsp3) is 0.115. The number of hydrogen-bond donors (Lipinski definition) is 1. The number of hydrogen-bond acceptors (Lipinski definition) is 5. The van der Waals surface area contributed by atoms with Gasteiger partial charge < -0.3 is 14.6 Å². The van der Waals surface area contributed by atoms with Gasteiger partial charge in [-0.1, -0.05) is 78.5 Å². The van der Waals surface area contributed by atoms with Gasteiger partial charge in [0.25, 0.3) is 11.1 Å². The Morgan fingerprint density at radius 3 is 2.24 bits per heavy atom. The lowest BCUT2D eigenvalue weighted by Gasteiger charge is -2.11. The first kappa shape index (κ1) is 22.4. The van der Waals surface area contributed by atoms with Crippen LogP contribution >= 0.6 is 11.8 Å². The van der Waals surface area contributed by atoms with E-state index >= 15 is 0 Å². The van der Waals surface area contributed by atoms with Crippen molar-refractivity contribution in [1.29, 1.82) is 0 Å². The third-order valence-electron chi connectivity index (χ3n) is 4.82. The van der Waals surface area contributed by atoms with Gasteiger partial charge in [-0.25, -0.2) is 4.98 Å². The van der Waals surface area contributed by atoms with E-state index in [1.54, 1.807) is 38.4 Å². The van der Waals surface area contributed by atoms with Gasteiger partial charge in [0.2, 0.25) is 5.91 Å². The molecule has 7 heteroatoms. The number of amides is 2. The molecule has 0 atom stereocenters. The van der Waals surface area contributed by atoms with E-state index in [4.69, 9.17) is 4.42 Å². The van der Waals surface area contributed by atoms with Crippen LogP contribution in [0.3, 0.4) is 0 Å². The largest absolute Gasteiger partial charge is 0.431 e. The Balaban J connectivity index is 1.49. The number of carbonyl (C=O) groups is 2. The van der Waals surface area contributed by atoms with Gasteiger partial charge in [-0.15, -0.1) is 0 Å². The summed E-state index contributed by atoms with van der Waals surface area (Å²) >= 11 is 1.22. The smallest absolute Gasteiger partial charge is 0.257 e. The minimum absolute atomic E-state index is 0.120. The zero-order chi connectivity index (χ0) is 23.2. The number of thioether (sulfide) groups is 1. The number of benzene rings is 3. The lowest BCUT2D eigenvalue weighted by molar-refractivity contribution is -0.113. The summed E-state index contributed by atoms with van der Waals surface area (Å²) < 4.78 is 6.05. The van der Waals surface area contributed by atoms with Crippen LogP contribution in [0.1, 0.15) is 10.4 Å². The van der Waals surface area contributed by atoms with Crippen LogP contribution in [-0.2, 0) is 4.79 Å². The van der Waals surface area contributed by atoms with Crippen LogP contribution in [-0.4, -0.2) is 41.5 Å². The normalized spacial score (nSPS) is 10.6. The third kappa shape index (κ3) is 5.51. The molecule has 2 amide bonds. The summed E-state index contributed by atoms with van der Waals surface area (Å²) in [5, 5.41) is 3.25. The summed E-state index contributed by atoms with van der Waals surface area (Å²) in [6.45, 7) is 0. The number of anilines is 1. The van der Waals surface area contributed by atoms with Gasteiger partial charge in [-0.2, -0.15) is 0 Å². The van der Waals surface area contributed by atoms with Crippen molar-refractivity contribution >= 4 is 29.3 Å².